The van der Waals surface area contributed by atoms with Gasteiger partial charge < -0.3 is 14.2 Å². The van der Waals surface area contributed by atoms with Crippen LogP contribution in [0.2, 0.25) is 0 Å². The summed E-state index contributed by atoms with van der Waals surface area (Å²) in [6, 6.07) is 10.1. The lowest BCUT2D eigenvalue weighted by atomic mass is 9.96. The number of carbonyl (C=O) groups excluding carboxylic acids is 1. The zero-order chi connectivity index (χ0) is 25.8. The molecule has 0 amide bonds. The molecule has 2 aromatic carbocycles. The molecule has 0 saturated heterocycles. The van der Waals surface area contributed by atoms with Gasteiger partial charge in [0.25, 0.3) is 5.56 Å². The van der Waals surface area contributed by atoms with Crippen molar-refractivity contribution in [3.8, 4) is 23.8 Å². The first-order valence-electron chi connectivity index (χ1n) is 11.1. The number of hydrogen-bond donors (Lipinski definition) is 0. The third-order valence-electron chi connectivity index (χ3n) is 5.52. The van der Waals surface area contributed by atoms with Gasteiger partial charge in [-0.3, -0.25) is 9.36 Å². The van der Waals surface area contributed by atoms with Crippen molar-refractivity contribution in [3.63, 3.8) is 0 Å². The van der Waals surface area contributed by atoms with Gasteiger partial charge in [-0.05, 0) is 43.7 Å². The summed E-state index contributed by atoms with van der Waals surface area (Å²) in [6.45, 7) is 3.57. The molecule has 0 bridgehead atoms. The Labute approximate surface area is 210 Å². The average Bonchev–Trinajstić information content (AvgIpc) is 3.17. The highest BCUT2D eigenvalue weighted by molar-refractivity contribution is 7.07. The summed E-state index contributed by atoms with van der Waals surface area (Å²) < 4.78 is 31.8. The van der Waals surface area contributed by atoms with Crippen molar-refractivity contribution < 1.29 is 23.4 Å². The Morgan fingerprint density at radius 2 is 2.03 bits per heavy atom. The van der Waals surface area contributed by atoms with Crippen LogP contribution in [0.3, 0.4) is 0 Å². The Hall–Kier alpha value is -4.16. The molecule has 1 atom stereocenters. The highest BCUT2D eigenvalue weighted by Gasteiger charge is 2.33. The fraction of sp³-hybridized carbons (Fsp3) is 0.222. The summed E-state index contributed by atoms with van der Waals surface area (Å²) >= 11 is 1.17. The van der Waals surface area contributed by atoms with Gasteiger partial charge in [0, 0.05) is 5.56 Å². The van der Waals surface area contributed by atoms with E-state index in [1.165, 1.54) is 35.1 Å². The van der Waals surface area contributed by atoms with Crippen LogP contribution in [0, 0.1) is 18.2 Å². The number of ether oxygens (including phenoxy) is 3. The molecule has 3 aromatic rings. The lowest BCUT2D eigenvalue weighted by Crippen LogP contribution is -2.39. The van der Waals surface area contributed by atoms with E-state index in [4.69, 9.17) is 20.6 Å². The van der Waals surface area contributed by atoms with Crippen LogP contribution in [0.5, 0.6) is 11.5 Å². The molecule has 0 saturated carbocycles. The number of halogens is 1. The molecule has 4 rings (SSSR count). The molecule has 1 aliphatic heterocycles. The van der Waals surface area contributed by atoms with E-state index in [0.717, 1.165) is 0 Å². The van der Waals surface area contributed by atoms with Crippen LogP contribution in [-0.4, -0.2) is 30.9 Å². The number of fused-ring (bicyclic) bond motifs is 1. The average molecular weight is 507 g/mol. The van der Waals surface area contributed by atoms with Crippen LogP contribution >= 0.6 is 11.3 Å². The van der Waals surface area contributed by atoms with E-state index < -0.39 is 17.8 Å². The second-order valence-electron chi connectivity index (χ2n) is 7.73. The molecule has 0 spiro atoms. The molecule has 9 heteroatoms. The molecular weight excluding hydrogens is 483 g/mol. The van der Waals surface area contributed by atoms with Gasteiger partial charge in [0.2, 0.25) is 0 Å². The fourth-order valence-electron chi connectivity index (χ4n) is 3.97. The Morgan fingerprint density at radius 1 is 1.28 bits per heavy atom. The van der Waals surface area contributed by atoms with Gasteiger partial charge in [-0.1, -0.05) is 41.5 Å². The van der Waals surface area contributed by atoms with E-state index in [0.29, 0.717) is 37.7 Å². The summed E-state index contributed by atoms with van der Waals surface area (Å²) in [6.07, 6.45) is 7.03. The molecule has 0 N–H and O–H groups in total. The zero-order valence-electron chi connectivity index (χ0n) is 19.9. The van der Waals surface area contributed by atoms with Gasteiger partial charge in [0.15, 0.2) is 16.3 Å². The summed E-state index contributed by atoms with van der Waals surface area (Å²) in [5.74, 6) is 2.28. The van der Waals surface area contributed by atoms with E-state index in [-0.39, 0.29) is 24.3 Å². The van der Waals surface area contributed by atoms with Crippen molar-refractivity contribution in [3.05, 3.63) is 90.4 Å². The molecule has 7 nitrogen and oxygen atoms in total. The van der Waals surface area contributed by atoms with Gasteiger partial charge >= 0.3 is 5.97 Å². The largest absolute Gasteiger partial charge is 0.493 e. The maximum Gasteiger partial charge on any atom is 0.338 e. The Morgan fingerprint density at radius 3 is 2.69 bits per heavy atom. The summed E-state index contributed by atoms with van der Waals surface area (Å²) in [4.78, 5) is 31.6. The predicted molar refractivity (Wildman–Crippen MR) is 134 cm³/mol. The van der Waals surface area contributed by atoms with E-state index >= 15 is 0 Å². The van der Waals surface area contributed by atoms with Crippen LogP contribution in [0.1, 0.15) is 31.0 Å². The summed E-state index contributed by atoms with van der Waals surface area (Å²) in [5.41, 5.74) is 1.43. The number of methoxy groups -OCH3 is 1. The number of thiazole rings is 1. The van der Waals surface area contributed by atoms with Crippen LogP contribution in [-0.2, 0) is 9.53 Å². The van der Waals surface area contributed by atoms with E-state index in [2.05, 4.69) is 10.9 Å². The first kappa shape index (κ1) is 24.9. The van der Waals surface area contributed by atoms with E-state index in [1.54, 1.807) is 50.3 Å². The molecule has 2 heterocycles. The molecule has 0 radical (unpaired) electrons. The quantitative estimate of drug-likeness (QED) is 0.364. The maximum absolute atomic E-state index is 13.7. The third kappa shape index (κ3) is 4.68. The van der Waals surface area contributed by atoms with Crippen LogP contribution in [0.15, 0.2) is 63.5 Å². The number of benzene rings is 2. The van der Waals surface area contributed by atoms with Crippen molar-refractivity contribution in [2.24, 2.45) is 4.99 Å². The number of carbonyl (C=O) groups is 1. The summed E-state index contributed by atoms with van der Waals surface area (Å²) in [7, 11) is 1.51. The van der Waals surface area contributed by atoms with Gasteiger partial charge in [-0.2, -0.15) is 0 Å². The molecule has 36 heavy (non-hydrogen) atoms. The number of nitrogens with zero attached hydrogens (tertiary/aromatic N) is 2. The van der Waals surface area contributed by atoms with Gasteiger partial charge in [-0.25, -0.2) is 14.2 Å². The lowest BCUT2D eigenvalue weighted by molar-refractivity contribution is -0.139. The fourth-order valence-corrected chi connectivity index (χ4v) is 5.01. The van der Waals surface area contributed by atoms with Crippen molar-refractivity contribution in [1.29, 1.82) is 0 Å². The van der Waals surface area contributed by atoms with Crippen LogP contribution < -0.4 is 24.4 Å². The normalized spacial score (nSPS) is 15.1. The second kappa shape index (κ2) is 10.6. The van der Waals surface area contributed by atoms with Crippen molar-refractivity contribution in [2.75, 3.05) is 20.3 Å². The third-order valence-corrected chi connectivity index (χ3v) is 6.50. The van der Waals surface area contributed by atoms with Gasteiger partial charge in [0.05, 0.1) is 35.6 Å². The minimum atomic E-state index is -0.828. The molecule has 0 fully saturated rings. The van der Waals surface area contributed by atoms with Crippen LogP contribution in [0.25, 0.3) is 6.08 Å². The number of terminal acetylenes is 1. The smallest absolute Gasteiger partial charge is 0.338 e. The van der Waals surface area contributed by atoms with E-state index in [1.807, 2.05) is 0 Å². The minimum Gasteiger partial charge on any atom is -0.493 e. The molecular formula is C27H23FN2O5S. The molecule has 1 aliphatic rings. The molecule has 0 aliphatic carbocycles. The monoisotopic (exact) mass is 506 g/mol. The van der Waals surface area contributed by atoms with Gasteiger partial charge in [0.1, 0.15) is 12.4 Å². The van der Waals surface area contributed by atoms with E-state index in [9.17, 15) is 14.0 Å². The molecule has 184 valence electrons. The van der Waals surface area contributed by atoms with Crippen LogP contribution in [0.4, 0.5) is 4.39 Å². The van der Waals surface area contributed by atoms with Gasteiger partial charge in [-0.15, -0.1) is 6.42 Å². The minimum absolute atomic E-state index is 0.0229. The number of aromatic nitrogens is 1. The second-order valence-corrected chi connectivity index (χ2v) is 8.73. The first-order chi connectivity index (χ1) is 17.4. The standard InChI is InChI=1S/C27H23FN2O5S/c1-5-14-35-24-18(8-7-9-20(24)33-4)15-21-25(31)30-23(17-10-12-19(28)13-11-17)22(26(32)34-6-2)16(3)29-27(30)36-21/h1,7-13,15,23H,6,14H2,2-4H3/b21-15-/t23-/m0/s1. The Bertz CT molecular complexity index is 1560. The number of allylic oxidation sites excluding steroid dienone is 1. The lowest BCUT2D eigenvalue weighted by Gasteiger charge is -2.24. The number of esters is 1. The number of hydrogen-bond acceptors (Lipinski definition) is 7. The molecule has 0 unspecified atom stereocenters. The highest BCUT2D eigenvalue weighted by Crippen LogP contribution is 2.32. The predicted octanol–water partition coefficient (Wildman–Crippen LogP) is 2.96. The van der Waals surface area contributed by atoms with Crippen molar-refractivity contribution >= 4 is 23.4 Å². The Balaban J connectivity index is 1.95. The topological polar surface area (TPSA) is 79.1 Å². The SMILES string of the molecule is C#CCOc1c(/C=c2\sc3n(c2=O)[C@@H](c2ccc(F)cc2)C(C(=O)OCC)=C(C)N=3)cccc1OC. The van der Waals surface area contributed by atoms with Crippen molar-refractivity contribution in [1.82, 2.24) is 4.57 Å². The zero-order valence-corrected chi connectivity index (χ0v) is 20.7. The first-order valence-corrected chi connectivity index (χ1v) is 11.9. The number of rotatable bonds is 7. The summed E-state index contributed by atoms with van der Waals surface area (Å²) in [5, 5.41) is 0. The van der Waals surface area contributed by atoms with Crippen molar-refractivity contribution in [2.45, 2.75) is 19.9 Å². The number of para-hydroxylation sites is 1. The maximum atomic E-state index is 13.7. The Kier molecular flexibility index (Phi) is 7.36. The molecule has 1 aromatic heterocycles. The highest BCUT2D eigenvalue weighted by atomic mass is 32.1.